The van der Waals surface area contributed by atoms with E-state index in [2.05, 4.69) is 247 Å². The van der Waals surface area contributed by atoms with Gasteiger partial charge in [-0.3, -0.25) is 4.79 Å². The first-order chi connectivity index (χ1) is 36.9. The Balaban J connectivity index is 0.971. The van der Waals surface area contributed by atoms with Crippen LogP contribution < -0.4 is 20.1 Å². The van der Waals surface area contributed by atoms with Crippen molar-refractivity contribution in [1.82, 2.24) is 0 Å². The minimum Gasteiger partial charge on any atom is -0.456 e. The van der Waals surface area contributed by atoms with Crippen molar-refractivity contribution in [3.8, 4) is 44.5 Å². The van der Waals surface area contributed by atoms with Crippen LogP contribution in [0.2, 0.25) is 0 Å². The van der Waals surface area contributed by atoms with Gasteiger partial charge in [0.25, 0.3) is 0 Å². The van der Waals surface area contributed by atoms with Crippen LogP contribution in [-0.2, 0) is 5.41 Å². The van der Waals surface area contributed by atoms with Crippen LogP contribution in [0.5, 0.6) is 0 Å². The molecule has 0 atom stereocenters. The van der Waals surface area contributed by atoms with Gasteiger partial charge < -0.3 is 19.1 Å². The number of benzene rings is 11. The summed E-state index contributed by atoms with van der Waals surface area (Å²) in [6.45, 7) is 4.67. The zero-order valence-corrected chi connectivity index (χ0v) is 41.5. The summed E-state index contributed by atoms with van der Waals surface area (Å²) in [5.41, 5.74) is 22.1. The smallest absolute Gasteiger partial charge is 0.200 e. The fraction of sp³-hybridized carbons (Fsp3) is 0.0429. The molecule has 0 spiro atoms. The van der Waals surface area contributed by atoms with Gasteiger partial charge in [0, 0.05) is 22.5 Å². The molecule has 75 heavy (non-hydrogen) atoms. The Morgan fingerprint density at radius 3 is 1.37 bits per heavy atom. The lowest BCUT2D eigenvalue weighted by atomic mass is 9.73. The Hall–Kier alpha value is -9.71. The Morgan fingerprint density at radius 2 is 0.720 bits per heavy atom. The molecule has 0 radical (unpaired) electrons. The molecule has 0 N–H and O–H groups in total. The van der Waals surface area contributed by atoms with Gasteiger partial charge in [-0.2, -0.15) is 0 Å². The maximum atomic E-state index is 13.5. The van der Waals surface area contributed by atoms with Crippen molar-refractivity contribution in [2.24, 2.45) is 0 Å². The highest BCUT2D eigenvalue weighted by molar-refractivity contribution is 6.05. The summed E-state index contributed by atoms with van der Waals surface area (Å²) in [5.74, 6) is 0. The molecular formula is C70H49N3O2. The van der Waals surface area contributed by atoms with E-state index in [1.807, 2.05) is 42.5 Å². The molecule has 356 valence electrons. The van der Waals surface area contributed by atoms with Crippen LogP contribution in [0.4, 0.5) is 51.2 Å². The van der Waals surface area contributed by atoms with Crippen molar-refractivity contribution in [3.63, 3.8) is 0 Å². The summed E-state index contributed by atoms with van der Waals surface area (Å²) in [6.07, 6.45) is 0. The van der Waals surface area contributed by atoms with E-state index in [-0.39, 0.29) is 10.8 Å². The van der Waals surface area contributed by atoms with Gasteiger partial charge in [0.1, 0.15) is 11.2 Å². The second-order valence-electron chi connectivity index (χ2n) is 20.1. The lowest BCUT2D eigenvalue weighted by molar-refractivity contribution is 0.632. The van der Waals surface area contributed by atoms with Crippen molar-refractivity contribution in [1.29, 1.82) is 0 Å². The molecular weight excluding hydrogens is 915 g/mol. The summed E-state index contributed by atoms with van der Waals surface area (Å²) in [5, 5.41) is 1.15. The molecule has 5 nitrogen and oxygen atoms in total. The van der Waals surface area contributed by atoms with Crippen molar-refractivity contribution >= 4 is 73.1 Å². The molecule has 1 aromatic heterocycles. The van der Waals surface area contributed by atoms with Crippen molar-refractivity contribution in [2.45, 2.75) is 19.3 Å². The molecule has 12 aromatic rings. The average molecular weight is 964 g/mol. The van der Waals surface area contributed by atoms with Gasteiger partial charge in [-0.15, -0.1) is 0 Å². The zero-order chi connectivity index (χ0) is 50.2. The van der Waals surface area contributed by atoms with Gasteiger partial charge in [0.15, 0.2) is 0 Å². The minimum absolute atomic E-state index is 0.0230. The van der Waals surface area contributed by atoms with E-state index in [0.717, 1.165) is 73.2 Å². The van der Waals surface area contributed by atoms with Crippen LogP contribution >= 0.6 is 0 Å². The molecule has 0 saturated carbocycles. The van der Waals surface area contributed by atoms with E-state index in [0.29, 0.717) is 21.9 Å². The fourth-order valence-corrected chi connectivity index (χ4v) is 11.6. The Labute approximate surface area is 436 Å². The van der Waals surface area contributed by atoms with Gasteiger partial charge in [0.2, 0.25) is 5.43 Å². The third-order valence-corrected chi connectivity index (χ3v) is 15.3. The van der Waals surface area contributed by atoms with E-state index in [1.54, 1.807) is 0 Å². The van der Waals surface area contributed by atoms with E-state index < -0.39 is 0 Å². The SMILES string of the molecule is CC1(C)c2ccccc2N(c2ccc3c(c2)N(c2ccccc2)c2cc(-c4cc(-c5ccccc5)cc(-c5ccccc5)c4)ccc2N3c2ccc(-c3ccc4c(=O)c5ccccc5oc4c3)cc2)c2ccccc21. The van der Waals surface area contributed by atoms with Crippen molar-refractivity contribution < 1.29 is 4.42 Å². The lowest BCUT2D eigenvalue weighted by Crippen LogP contribution is -2.30. The van der Waals surface area contributed by atoms with E-state index >= 15 is 0 Å². The van der Waals surface area contributed by atoms with Crippen LogP contribution in [0.3, 0.4) is 0 Å². The van der Waals surface area contributed by atoms with E-state index in [1.165, 1.54) is 33.6 Å². The number of anilines is 9. The van der Waals surface area contributed by atoms with Crippen LogP contribution in [0.15, 0.2) is 270 Å². The predicted molar refractivity (Wildman–Crippen MR) is 311 cm³/mol. The molecule has 3 heterocycles. The van der Waals surface area contributed by atoms with Gasteiger partial charge in [-0.05, 0) is 165 Å². The topological polar surface area (TPSA) is 39.9 Å². The molecule has 0 aliphatic carbocycles. The van der Waals surface area contributed by atoms with E-state index in [4.69, 9.17) is 4.42 Å². The summed E-state index contributed by atoms with van der Waals surface area (Å²) < 4.78 is 6.32. The summed E-state index contributed by atoms with van der Waals surface area (Å²) >= 11 is 0. The standard InChI is InChI=1S/C70H49N3O2/c1-70(2)59-25-13-15-27-61(59)73(62-28-16-14-26-60(62)70)56-36-39-64-66(45-56)72(54-22-10-5-11-23-54)65-43-49(53-41-51(46-18-6-3-7-19-46)40-52(42-53)47-20-8-4-9-21-47)33-38-63(65)71(64)55-34-30-48(31-35-55)50-32-37-58-68(44-50)75-67-29-17-12-24-57(67)69(58)74/h3-45H,1-2H3. The van der Waals surface area contributed by atoms with Gasteiger partial charge in [0.05, 0.1) is 44.9 Å². The predicted octanol–water partition coefficient (Wildman–Crippen LogP) is 19.0. The molecule has 0 bridgehead atoms. The molecule has 5 heteroatoms. The molecule has 2 aliphatic heterocycles. The number of hydrogen-bond acceptors (Lipinski definition) is 5. The molecule has 0 unspecified atom stereocenters. The third-order valence-electron chi connectivity index (χ3n) is 15.3. The second kappa shape index (κ2) is 17.5. The maximum absolute atomic E-state index is 13.5. The highest BCUT2D eigenvalue weighted by Gasteiger charge is 2.38. The molecule has 0 amide bonds. The number of para-hydroxylation sites is 4. The second-order valence-corrected chi connectivity index (χ2v) is 20.1. The monoisotopic (exact) mass is 963 g/mol. The Kier molecular flexibility index (Phi) is 10.3. The lowest BCUT2D eigenvalue weighted by Gasteiger charge is -2.44. The molecule has 11 aromatic carbocycles. The zero-order valence-electron chi connectivity index (χ0n) is 41.5. The average Bonchev–Trinajstić information content (AvgIpc) is 3.47. The van der Waals surface area contributed by atoms with Crippen LogP contribution in [0, 0.1) is 0 Å². The largest absolute Gasteiger partial charge is 0.456 e. The Bertz CT molecular complexity index is 4140. The first kappa shape index (κ1) is 44.0. The highest BCUT2D eigenvalue weighted by atomic mass is 16.3. The summed E-state index contributed by atoms with van der Waals surface area (Å²) in [7, 11) is 0. The van der Waals surface area contributed by atoms with E-state index in [9.17, 15) is 4.79 Å². The summed E-state index contributed by atoms with van der Waals surface area (Å²) in [4.78, 5) is 20.8. The molecule has 14 rings (SSSR count). The number of fused-ring (bicyclic) bond motifs is 6. The maximum Gasteiger partial charge on any atom is 0.200 e. The number of rotatable bonds is 7. The van der Waals surface area contributed by atoms with Gasteiger partial charge in [-0.25, -0.2) is 0 Å². The third kappa shape index (κ3) is 7.34. The molecule has 0 saturated heterocycles. The minimum atomic E-state index is -0.195. The van der Waals surface area contributed by atoms with Crippen LogP contribution in [0.25, 0.3) is 66.4 Å². The quantitative estimate of drug-likeness (QED) is 0.149. The normalized spacial score (nSPS) is 13.3. The first-order valence-corrected chi connectivity index (χ1v) is 25.6. The van der Waals surface area contributed by atoms with Gasteiger partial charge >= 0.3 is 0 Å². The fourth-order valence-electron chi connectivity index (χ4n) is 11.6. The first-order valence-electron chi connectivity index (χ1n) is 25.6. The van der Waals surface area contributed by atoms with Gasteiger partial charge in [-0.1, -0.05) is 166 Å². The number of hydrogen-bond donors (Lipinski definition) is 0. The van der Waals surface area contributed by atoms with Crippen molar-refractivity contribution in [2.75, 3.05) is 14.7 Å². The Morgan fingerprint density at radius 1 is 0.293 bits per heavy atom. The number of nitrogens with zero attached hydrogens (tertiary/aromatic N) is 3. The van der Waals surface area contributed by atoms with Crippen LogP contribution in [0.1, 0.15) is 25.0 Å². The summed E-state index contributed by atoms with van der Waals surface area (Å²) in [6, 6.07) is 92.8. The molecule has 0 fully saturated rings. The molecule has 2 aliphatic rings. The van der Waals surface area contributed by atoms with Crippen molar-refractivity contribution in [3.05, 3.63) is 282 Å². The van der Waals surface area contributed by atoms with Crippen LogP contribution in [-0.4, -0.2) is 0 Å². The highest BCUT2D eigenvalue weighted by Crippen LogP contribution is 2.58.